The minimum absolute atomic E-state index is 0.0517. The van der Waals surface area contributed by atoms with Gasteiger partial charge in [-0.3, -0.25) is 4.79 Å². The summed E-state index contributed by atoms with van der Waals surface area (Å²) in [4.78, 5) is 15.0. The van der Waals surface area contributed by atoms with E-state index in [1.165, 1.54) is 12.1 Å². The topological polar surface area (TPSA) is 65.1 Å². The molecule has 0 aliphatic carbocycles. The minimum atomic E-state index is -0.270. The van der Waals surface area contributed by atoms with Gasteiger partial charge in [-0.1, -0.05) is 18.2 Å². The Hall–Kier alpha value is -2.82. The molecule has 3 aromatic rings. The Morgan fingerprint density at radius 1 is 1.12 bits per heavy atom. The Morgan fingerprint density at radius 3 is 2.79 bits per heavy atom. The third-order valence-corrected chi connectivity index (χ3v) is 4.06. The van der Waals surface area contributed by atoms with E-state index in [1.54, 1.807) is 18.2 Å². The molecular weight excluding hydrogens is 307 g/mol. The highest BCUT2D eigenvalue weighted by molar-refractivity contribution is 5.83. The molecule has 5 heteroatoms. The van der Waals surface area contributed by atoms with Gasteiger partial charge < -0.3 is 15.4 Å². The molecule has 1 heterocycles. The number of amides is 1. The van der Waals surface area contributed by atoms with Crippen molar-refractivity contribution < 1.29 is 14.3 Å². The van der Waals surface area contributed by atoms with E-state index in [9.17, 15) is 14.3 Å². The fraction of sp³-hybridized carbons (Fsp3) is 0.211. The van der Waals surface area contributed by atoms with Crippen molar-refractivity contribution in [3.63, 3.8) is 0 Å². The Labute approximate surface area is 139 Å². The highest BCUT2D eigenvalue weighted by Gasteiger charge is 2.07. The van der Waals surface area contributed by atoms with Gasteiger partial charge >= 0.3 is 0 Å². The van der Waals surface area contributed by atoms with Crippen LogP contribution < -0.4 is 5.32 Å². The van der Waals surface area contributed by atoms with Crippen molar-refractivity contribution in [3.05, 3.63) is 65.6 Å². The number of aryl methyl sites for hydroxylation is 1. The molecule has 4 nitrogen and oxygen atoms in total. The Kier molecular flexibility index (Phi) is 4.79. The smallest absolute Gasteiger partial charge is 0.220 e. The number of halogens is 1. The van der Waals surface area contributed by atoms with E-state index in [2.05, 4.69) is 10.3 Å². The van der Waals surface area contributed by atoms with Crippen LogP contribution in [0.3, 0.4) is 0 Å². The maximum Gasteiger partial charge on any atom is 0.220 e. The van der Waals surface area contributed by atoms with Gasteiger partial charge in [0.1, 0.15) is 11.6 Å². The van der Waals surface area contributed by atoms with E-state index in [0.29, 0.717) is 25.8 Å². The molecule has 3 N–H and O–H groups in total. The van der Waals surface area contributed by atoms with E-state index in [0.717, 1.165) is 22.0 Å². The normalized spacial score (nSPS) is 10.9. The van der Waals surface area contributed by atoms with Crippen molar-refractivity contribution in [1.29, 1.82) is 0 Å². The maximum atomic E-state index is 13.2. The van der Waals surface area contributed by atoms with Crippen LogP contribution in [0.1, 0.15) is 17.5 Å². The number of carbonyl (C=O) groups excluding carboxylic acids is 1. The first kappa shape index (κ1) is 16.1. The number of benzene rings is 2. The van der Waals surface area contributed by atoms with Crippen LogP contribution in [0.5, 0.6) is 5.75 Å². The molecule has 0 aliphatic rings. The molecule has 2 aromatic carbocycles. The van der Waals surface area contributed by atoms with Gasteiger partial charge in [0, 0.05) is 30.1 Å². The van der Waals surface area contributed by atoms with Crippen molar-refractivity contribution in [2.24, 2.45) is 0 Å². The van der Waals surface area contributed by atoms with E-state index in [-0.39, 0.29) is 17.5 Å². The first-order chi connectivity index (χ1) is 11.6. The molecule has 124 valence electrons. The summed E-state index contributed by atoms with van der Waals surface area (Å²) in [6.45, 7) is 0.518. The van der Waals surface area contributed by atoms with Crippen molar-refractivity contribution in [3.8, 4) is 5.75 Å². The van der Waals surface area contributed by atoms with Crippen molar-refractivity contribution >= 4 is 16.8 Å². The van der Waals surface area contributed by atoms with E-state index in [4.69, 9.17) is 0 Å². The summed E-state index contributed by atoms with van der Waals surface area (Å²) in [5, 5.41) is 13.5. The highest BCUT2D eigenvalue weighted by atomic mass is 19.1. The molecule has 24 heavy (non-hydrogen) atoms. The van der Waals surface area contributed by atoms with Gasteiger partial charge in [-0.25, -0.2) is 4.39 Å². The number of aromatic amines is 1. The highest BCUT2D eigenvalue weighted by Crippen LogP contribution is 2.19. The number of nitrogens with one attached hydrogen (secondary N) is 2. The molecule has 0 saturated carbocycles. The lowest BCUT2D eigenvalue weighted by molar-refractivity contribution is -0.121. The summed E-state index contributed by atoms with van der Waals surface area (Å²) < 4.78 is 13.2. The lowest BCUT2D eigenvalue weighted by Crippen LogP contribution is -2.25. The van der Waals surface area contributed by atoms with Crippen LogP contribution in [0, 0.1) is 5.82 Å². The zero-order valence-electron chi connectivity index (χ0n) is 13.2. The summed E-state index contributed by atoms with van der Waals surface area (Å²) in [6.07, 6.45) is 3.35. The van der Waals surface area contributed by atoms with Gasteiger partial charge in [0.25, 0.3) is 0 Å². The molecule has 0 bridgehead atoms. The third-order valence-electron chi connectivity index (χ3n) is 4.06. The maximum absolute atomic E-state index is 13.2. The summed E-state index contributed by atoms with van der Waals surface area (Å²) in [7, 11) is 0. The number of carbonyl (C=O) groups is 1. The van der Waals surface area contributed by atoms with Crippen LogP contribution in [-0.2, 0) is 17.6 Å². The van der Waals surface area contributed by atoms with Crippen molar-refractivity contribution in [1.82, 2.24) is 10.3 Å². The van der Waals surface area contributed by atoms with Crippen LogP contribution >= 0.6 is 0 Å². The SMILES string of the molecule is O=C(CCc1ccccc1O)NCCc1c[nH]c2cc(F)ccc12. The van der Waals surface area contributed by atoms with E-state index in [1.807, 2.05) is 18.3 Å². The van der Waals surface area contributed by atoms with Crippen LogP contribution in [0.4, 0.5) is 4.39 Å². The van der Waals surface area contributed by atoms with Gasteiger partial charge in [0.05, 0.1) is 0 Å². The molecule has 0 saturated heterocycles. The van der Waals surface area contributed by atoms with E-state index >= 15 is 0 Å². The Morgan fingerprint density at radius 2 is 1.96 bits per heavy atom. The fourth-order valence-corrected chi connectivity index (χ4v) is 2.76. The molecule has 0 radical (unpaired) electrons. The van der Waals surface area contributed by atoms with Crippen LogP contribution in [0.2, 0.25) is 0 Å². The van der Waals surface area contributed by atoms with Crippen molar-refractivity contribution in [2.75, 3.05) is 6.54 Å². The minimum Gasteiger partial charge on any atom is -0.508 e. The van der Waals surface area contributed by atoms with Crippen LogP contribution in [0.15, 0.2) is 48.7 Å². The fourth-order valence-electron chi connectivity index (χ4n) is 2.76. The van der Waals surface area contributed by atoms with Gasteiger partial charge in [0.2, 0.25) is 5.91 Å². The summed E-state index contributed by atoms with van der Waals surface area (Å²) >= 11 is 0. The molecule has 1 amide bonds. The van der Waals surface area contributed by atoms with Gasteiger partial charge in [-0.05, 0) is 48.2 Å². The number of phenolic OH excluding ortho intramolecular Hbond substituents is 1. The molecule has 0 fully saturated rings. The number of H-pyrrole nitrogens is 1. The molecule has 1 aromatic heterocycles. The number of rotatable bonds is 6. The largest absolute Gasteiger partial charge is 0.508 e. The number of hydrogen-bond donors (Lipinski definition) is 3. The molecule has 0 atom stereocenters. The number of hydrogen-bond acceptors (Lipinski definition) is 2. The lowest BCUT2D eigenvalue weighted by Gasteiger charge is -2.06. The summed E-state index contributed by atoms with van der Waals surface area (Å²) in [5.41, 5.74) is 2.58. The zero-order valence-corrected chi connectivity index (χ0v) is 13.2. The first-order valence-electron chi connectivity index (χ1n) is 7.92. The number of fused-ring (bicyclic) bond motifs is 1. The lowest BCUT2D eigenvalue weighted by atomic mass is 10.1. The Bertz CT molecular complexity index is 857. The Balaban J connectivity index is 1.49. The molecule has 3 rings (SSSR count). The molecule has 0 spiro atoms. The quantitative estimate of drug-likeness (QED) is 0.651. The summed E-state index contributed by atoms with van der Waals surface area (Å²) in [6, 6.07) is 11.7. The molecule has 0 unspecified atom stereocenters. The predicted octanol–water partition coefficient (Wildman–Crippen LogP) is 3.30. The third kappa shape index (κ3) is 3.74. The number of aromatic hydroxyl groups is 1. The van der Waals surface area contributed by atoms with Gasteiger partial charge in [0.15, 0.2) is 0 Å². The van der Waals surface area contributed by atoms with Crippen molar-refractivity contribution in [2.45, 2.75) is 19.3 Å². The number of phenols is 1. The standard InChI is InChI=1S/C19H19FN2O2/c20-15-6-7-16-14(12-22-17(16)11-15)9-10-21-19(24)8-5-13-3-1-2-4-18(13)23/h1-4,6-7,11-12,22-23H,5,8-10H2,(H,21,24). The van der Waals surface area contributed by atoms with Crippen LogP contribution in [-0.4, -0.2) is 22.5 Å². The second kappa shape index (κ2) is 7.17. The zero-order chi connectivity index (χ0) is 16.9. The molecular formula is C19H19FN2O2. The predicted molar refractivity (Wildman–Crippen MR) is 91.4 cm³/mol. The van der Waals surface area contributed by atoms with Gasteiger partial charge in [-0.2, -0.15) is 0 Å². The average Bonchev–Trinajstić information content (AvgIpc) is 2.96. The summed E-state index contributed by atoms with van der Waals surface area (Å²) in [5.74, 6) is -0.103. The first-order valence-corrected chi connectivity index (χ1v) is 7.92. The number of aromatic nitrogens is 1. The van der Waals surface area contributed by atoms with Crippen LogP contribution in [0.25, 0.3) is 10.9 Å². The number of para-hydroxylation sites is 1. The van der Waals surface area contributed by atoms with Gasteiger partial charge in [-0.15, -0.1) is 0 Å². The molecule has 0 aliphatic heterocycles. The second-order valence-corrected chi connectivity index (χ2v) is 5.73. The average molecular weight is 326 g/mol. The second-order valence-electron chi connectivity index (χ2n) is 5.73. The monoisotopic (exact) mass is 326 g/mol. The van der Waals surface area contributed by atoms with E-state index < -0.39 is 0 Å².